The zero-order chi connectivity index (χ0) is 22.2. The first-order valence-corrected chi connectivity index (χ1v) is 12.3. The van der Waals surface area contributed by atoms with Crippen molar-refractivity contribution in [3.05, 3.63) is 65.2 Å². The molecular formula is C25H25BrN6O. The number of pyridine rings is 2. The monoisotopic (exact) mass is 504 g/mol. The Balaban J connectivity index is 1.27. The van der Waals surface area contributed by atoms with Gasteiger partial charge >= 0.3 is 0 Å². The van der Waals surface area contributed by atoms with Crippen molar-refractivity contribution in [2.45, 2.75) is 25.7 Å². The molecule has 1 saturated heterocycles. The second kappa shape index (κ2) is 8.74. The Labute approximate surface area is 200 Å². The van der Waals surface area contributed by atoms with Gasteiger partial charge in [-0.15, -0.1) is 10.2 Å². The lowest BCUT2D eigenvalue weighted by Gasteiger charge is -2.34. The lowest BCUT2D eigenvalue weighted by Crippen LogP contribution is -2.37. The van der Waals surface area contributed by atoms with Gasteiger partial charge in [0.25, 0.3) is 0 Å². The van der Waals surface area contributed by atoms with Gasteiger partial charge in [-0.1, -0.05) is 27.2 Å². The molecule has 4 heterocycles. The van der Waals surface area contributed by atoms with Crippen LogP contribution in [0.4, 0.5) is 5.69 Å². The van der Waals surface area contributed by atoms with E-state index in [0.717, 1.165) is 53.0 Å². The maximum atomic E-state index is 5.76. The Morgan fingerprint density at radius 3 is 2.76 bits per heavy atom. The third-order valence-corrected chi connectivity index (χ3v) is 7.15. The van der Waals surface area contributed by atoms with Crippen molar-refractivity contribution in [2.75, 3.05) is 24.6 Å². The van der Waals surface area contributed by atoms with Crippen LogP contribution in [0.5, 0.6) is 0 Å². The molecule has 2 aliphatic rings. The number of hydrogen-bond acceptors (Lipinski definition) is 6. The predicted molar refractivity (Wildman–Crippen MR) is 133 cm³/mol. The zero-order valence-electron chi connectivity index (χ0n) is 18.3. The zero-order valence-corrected chi connectivity index (χ0v) is 19.9. The summed E-state index contributed by atoms with van der Waals surface area (Å²) in [5.74, 6) is 1.01. The third-order valence-electron chi connectivity index (χ3n) is 6.65. The molecule has 7 nitrogen and oxygen atoms in total. The fourth-order valence-electron chi connectivity index (χ4n) is 4.65. The number of anilines is 1. The minimum Gasteiger partial charge on any atom is -0.395 e. The summed E-state index contributed by atoms with van der Waals surface area (Å²) in [6, 6.07) is 14.5. The summed E-state index contributed by atoms with van der Waals surface area (Å²) < 4.78 is 3.11. The van der Waals surface area contributed by atoms with Crippen molar-refractivity contribution in [1.29, 1.82) is 0 Å². The highest BCUT2D eigenvalue weighted by atomic mass is 79.9. The molecule has 1 saturated carbocycles. The van der Waals surface area contributed by atoms with Crippen molar-refractivity contribution in [2.24, 2.45) is 17.0 Å². The summed E-state index contributed by atoms with van der Waals surface area (Å²) in [5.41, 5.74) is 5.09. The SMILES string of the molecule is Brc1ccc2c(c1)c(N1CCC(/C(=N/OCC3CC3)c3ccccn3)CC1)cc1nncn12. The molecule has 0 spiro atoms. The molecule has 2 fully saturated rings. The van der Waals surface area contributed by atoms with E-state index in [1.54, 1.807) is 6.33 Å². The van der Waals surface area contributed by atoms with Crippen LogP contribution in [0.2, 0.25) is 0 Å². The highest BCUT2D eigenvalue weighted by molar-refractivity contribution is 9.10. The summed E-state index contributed by atoms with van der Waals surface area (Å²) >= 11 is 3.64. The molecule has 6 rings (SSSR count). The minimum atomic E-state index is 0.324. The Kier molecular flexibility index (Phi) is 5.46. The molecule has 33 heavy (non-hydrogen) atoms. The van der Waals surface area contributed by atoms with Gasteiger partial charge in [-0.3, -0.25) is 9.38 Å². The normalized spacial score (nSPS) is 17.7. The molecule has 0 bridgehead atoms. The molecule has 0 N–H and O–H groups in total. The van der Waals surface area contributed by atoms with Crippen LogP contribution in [0.3, 0.4) is 0 Å². The van der Waals surface area contributed by atoms with E-state index >= 15 is 0 Å². The predicted octanol–water partition coefficient (Wildman–Crippen LogP) is 5.09. The van der Waals surface area contributed by atoms with Crippen molar-refractivity contribution < 1.29 is 4.84 Å². The van der Waals surface area contributed by atoms with Gasteiger partial charge < -0.3 is 9.74 Å². The maximum Gasteiger partial charge on any atom is 0.163 e. The van der Waals surface area contributed by atoms with Crippen LogP contribution in [0, 0.1) is 11.8 Å². The summed E-state index contributed by atoms with van der Waals surface area (Å²) in [6.07, 6.45) is 8.11. The number of piperidine rings is 1. The lowest BCUT2D eigenvalue weighted by molar-refractivity contribution is 0.132. The van der Waals surface area contributed by atoms with Gasteiger partial charge in [-0.05, 0) is 61.9 Å². The fraction of sp³-hybridized carbons (Fsp3) is 0.360. The standard InChI is InChI=1S/C25H25BrN6O/c26-19-6-7-22-20(13-19)23(14-24-29-28-16-32(22)24)31-11-8-18(9-12-31)25(21-3-1-2-10-27-21)30-33-15-17-4-5-17/h1-3,6-7,10,13-14,16-18H,4-5,8-9,11-12,15H2/b30-25-. The van der Waals surface area contributed by atoms with Gasteiger partial charge in [0.05, 0.1) is 11.2 Å². The summed E-state index contributed by atoms with van der Waals surface area (Å²) in [6.45, 7) is 2.59. The van der Waals surface area contributed by atoms with Crippen molar-refractivity contribution in [1.82, 2.24) is 19.6 Å². The average Bonchev–Trinajstić information content (AvgIpc) is 3.56. The third kappa shape index (κ3) is 4.19. The van der Waals surface area contributed by atoms with Gasteiger partial charge in [0.15, 0.2) is 5.65 Å². The minimum absolute atomic E-state index is 0.324. The van der Waals surface area contributed by atoms with E-state index in [4.69, 9.17) is 4.84 Å². The number of halogens is 1. The number of benzene rings is 1. The first-order chi connectivity index (χ1) is 16.3. The number of aromatic nitrogens is 4. The molecule has 0 radical (unpaired) electrons. The smallest absolute Gasteiger partial charge is 0.163 e. The van der Waals surface area contributed by atoms with Gasteiger partial charge in [-0.25, -0.2) is 0 Å². The van der Waals surface area contributed by atoms with Crippen LogP contribution in [0.25, 0.3) is 16.6 Å². The van der Waals surface area contributed by atoms with E-state index in [1.165, 1.54) is 23.9 Å². The van der Waals surface area contributed by atoms with Gasteiger partial charge in [0.1, 0.15) is 18.6 Å². The Morgan fingerprint density at radius 1 is 1.09 bits per heavy atom. The molecule has 0 unspecified atom stereocenters. The molecule has 168 valence electrons. The second-order valence-electron chi connectivity index (χ2n) is 8.94. The van der Waals surface area contributed by atoms with Crippen molar-refractivity contribution in [3.8, 4) is 0 Å². The van der Waals surface area contributed by atoms with Gasteiger partial charge in [0.2, 0.25) is 0 Å². The summed E-state index contributed by atoms with van der Waals surface area (Å²) in [7, 11) is 0. The van der Waals surface area contributed by atoms with Gasteiger partial charge in [0, 0.05) is 46.8 Å². The molecule has 0 atom stereocenters. The first kappa shape index (κ1) is 20.6. The molecule has 1 aliphatic carbocycles. The summed E-state index contributed by atoms with van der Waals surface area (Å²) in [4.78, 5) is 12.8. The molecule has 4 aromatic rings. The average molecular weight is 505 g/mol. The van der Waals surface area contributed by atoms with Crippen molar-refractivity contribution >= 4 is 43.9 Å². The Morgan fingerprint density at radius 2 is 1.97 bits per heavy atom. The lowest BCUT2D eigenvalue weighted by atomic mass is 9.89. The van der Waals surface area contributed by atoms with E-state index in [1.807, 2.05) is 28.8 Å². The highest BCUT2D eigenvalue weighted by Gasteiger charge is 2.28. The molecular weight excluding hydrogens is 480 g/mol. The van der Waals surface area contributed by atoms with E-state index in [0.29, 0.717) is 18.4 Å². The molecule has 0 amide bonds. The largest absolute Gasteiger partial charge is 0.395 e. The molecule has 1 aliphatic heterocycles. The van der Waals surface area contributed by atoms with Crippen LogP contribution in [-0.4, -0.2) is 45.0 Å². The fourth-order valence-corrected chi connectivity index (χ4v) is 5.01. The van der Waals surface area contributed by atoms with E-state index in [-0.39, 0.29) is 0 Å². The quantitative estimate of drug-likeness (QED) is 0.270. The van der Waals surface area contributed by atoms with Crippen LogP contribution < -0.4 is 4.90 Å². The maximum absolute atomic E-state index is 5.76. The van der Waals surface area contributed by atoms with Crippen LogP contribution in [0.1, 0.15) is 31.4 Å². The molecule has 3 aromatic heterocycles. The van der Waals surface area contributed by atoms with Crippen LogP contribution >= 0.6 is 15.9 Å². The van der Waals surface area contributed by atoms with Gasteiger partial charge in [-0.2, -0.15) is 0 Å². The Bertz CT molecular complexity index is 1310. The van der Waals surface area contributed by atoms with Crippen molar-refractivity contribution in [3.63, 3.8) is 0 Å². The number of hydrogen-bond donors (Lipinski definition) is 0. The summed E-state index contributed by atoms with van der Waals surface area (Å²) in [5, 5.41) is 14.2. The number of nitrogens with zero attached hydrogens (tertiary/aromatic N) is 6. The van der Waals surface area contributed by atoms with E-state index in [9.17, 15) is 0 Å². The van der Waals surface area contributed by atoms with Crippen LogP contribution in [-0.2, 0) is 4.84 Å². The number of oxime groups is 1. The number of rotatable bonds is 6. The highest BCUT2D eigenvalue weighted by Crippen LogP contribution is 2.34. The van der Waals surface area contributed by atoms with Crippen LogP contribution in [0.15, 0.2) is 64.6 Å². The molecule has 1 aromatic carbocycles. The molecule has 8 heteroatoms. The Hall–Kier alpha value is -3.00. The van der Waals surface area contributed by atoms with E-state index < -0.39 is 0 Å². The second-order valence-corrected chi connectivity index (χ2v) is 9.86. The topological polar surface area (TPSA) is 67.9 Å². The van der Waals surface area contributed by atoms with E-state index in [2.05, 4.69) is 65.4 Å². The first-order valence-electron chi connectivity index (χ1n) is 11.5. The number of fused-ring (bicyclic) bond motifs is 3.